The topological polar surface area (TPSA) is 64.7 Å². The Morgan fingerprint density at radius 2 is 0.959 bits per heavy atom. The second kappa shape index (κ2) is 10.9. The van der Waals surface area contributed by atoms with E-state index in [0.717, 1.165) is 44.2 Å². The monoisotopic (exact) mass is 626 g/mol. The zero-order chi connectivity index (χ0) is 32.3. The van der Waals surface area contributed by atoms with Gasteiger partial charge in [0.1, 0.15) is 5.58 Å². The first-order valence-electron chi connectivity index (χ1n) is 16.3. The van der Waals surface area contributed by atoms with Crippen LogP contribution in [0.5, 0.6) is 0 Å². The molecule has 0 bridgehead atoms. The van der Waals surface area contributed by atoms with Crippen LogP contribution in [0.15, 0.2) is 162 Å². The lowest BCUT2D eigenvalue weighted by Gasteiger charge is -2.10. The summed E-state index contributed by atoms with van der Waals surface area (Å²) in [6.07, 6.45) is 1.76. The maximum Gasteiger partial charge on any atom is 0.228 e. The molecule has 0 aliphatic carbocycles. The van der Waals surface area contributed by atoms with Crippen LogP contribution in [0.3, 0.4) is 0 Å². The van der Waals surface area contributed by atoms with Gasteiger partial charge in [-0.1, -0.05) is 127 Å². The van der Waals surface area contributed by atoms with E-state index in [0.29, 0.717) is 23.2 Å². The molecule has 228 valence electrons. The van der Waals surface area contributed by atoms with Crippen molar-refractivity contribution in [2.45, 2.75) is 0 Å². The van der Waals surface area contributed by atoms with Crippen molar-refractivity contribution in [1.29, 1.82) is 0 Å². The first-order chi connectivity index (χ1) is 24.3. The molecule has 0 saturated heterocycles. The molecular weight excluding hydrogens is 601 g/mol. The van der Waals surface area contributed by atoms with Gasteiger partial charge in [-0.2, -0.15) is 0 Å². The fraction of sp³-hybridized carbons (Fsp3) is 0. The van der Waals surface area contributed by atoms with Crippen molar-refractivity contribution in [3.63, 3.8) is 0 Å². The molecule has 0 saturated carbocycles. The summed E-state index contributed by atoms with van der Waals surface area (Å²) < 4.78 is 6.43. The Bertz CT molecular complexity index is 2820. The summed E-state index contributed by atoms with van der Waals surface area (Å²) >= 11 is 0. The highest BCUT2D eigenvalue weighted by atomic mass is 16.3. The van der Waals surface area contributed by atoms with Crippen LogP contribution in [-0.2, 0) is 0 Å². The van der Waals surface area contributed by atoms with Gasteiger partial charge in [0, 0.05) is 28.3 Å². The summed E-state index contributed by atoms with van der Waals surface area (Å²) in [5.74, 6) is 1.79. The molecule has 0 aliphatic heterocycles. The molecule has 10 aromatic rings. The van der Waals surface area contributed by atoms with Gasteiger partial charge in [0.05, 0.1) is 5.39 Å². The Kier molecular flexibility index (Phi) is 6.11. The Labute approximate surface area is 281 Å². The number of benzene rings is 7. The summed E-state index contributed by atoms with van der Waals surface area (Å²) in [5, 5.41) is 9.31. The molecule has 0 radical (unpaired) electrons. The second-order valence-electron chi connectivity index (χ2n) is 12.3. The number of hydrogen-bond acceptors (Lipinski definition) is 5. The van der Waals surface area contributed by atoms with Crippen molar-refractivity contribution < 1.29 is 4.42 Å². The van der Waals surface area contributed by atoms with Crippen LogP contribution in [0.4, 0.5) is 0 Å². The zero-order valence-corrected chi connectivity index (χ0v) is 26.2. The number of fused-ring (bicyclic) bond motifs is 8. The van der Waals surface area contributed by atoms with Crippen molar-refractivity contribution in [2.24, 2.45) is 0 Å². The third-order valence-electron chi connectivity index (χ3n) is 9.39. The number of furan rings is 1. The van der Waals surface area contributed by atoms with Gasteiger partial charge in [-0.25, -0.2) is 19.9 Å². The number of nitrogens with zero attached hydrogens (tertiary/aromatic N) is 4. The van der Waals surface area contributed by atoms with Crippen molar-refractivity contribution in [3.05, 3.63) is 158 Å². The quantitative estimate of drug-likeness (QED) is 0.182. The minimum Gasteiger partial charge on any atom is -0.438 e. The predicted molar refractivity (Wildman–Crippen MR) is 199 cm³/mol. The van der Waals surface area contributed by atoms with Gasteiger partial charge < -0.3 is 4.42 Å². The number of hydrogen-bond donors (Lipinski definition) is 0. The van der Waals surface area contributed by atoms with E-state index in [1.807, 2.05) is 66.7 Å². The van der Waals surface area contributed by atoms with Crippen LogP contribution in [0, 0.1) is 0 Å². The summed E-state index contributed by atoms with van der Waals surface area (Å²) in [7, 11) is 0. The van der Waals surface area contributed by atoms with Crippen LogP contribution in [0.1, 0.15) is 0 Å². The Hall–Kier alpha value is -6.72. The van der Waals surface area contributed by atoms with Crippen molar-refractivity contribution >= 4 is 54.4 Å². The maximum atomic E-state index is 6.43. The number of pyridine rings is 1. The van der Waals surface area contributed by atoms with Crippen LogP contribution in [0.25, 0.3) is 99.7 Å². The third kappa shape index (κ3) is 4.55. The van der Waals surface area contributed by atoms with E-state index in [9.17, 15) is 0 Å². The van der Waals surface area contributed by atoms with Crippen LogP contribution in [0.2, 0.25) is 0 Å². The van der Waals surface area contributed by atoms with Crippen molar-refractivity contribution in [1.82, 2.24) is 19.9 Å². The molecule has 0 atom stereocenters. The second-order valence-corrected chi connectivity index (χ2v) is 12.3. The van der Waals surface area contributed by atoms with Gasteiger partial charge in [0.15, 0.2) is 17.5 Å². The lowest BCUT2D eigenvalue weighted by molar-refractivity contribution is 0.654. The molecule has 10 rings (SSSR count). The third-order valence-corrected chi connectivity index (χ3v) is 9.39. The van der Waals surface area contributed by atoms with Gasteiger partial charge in [0.2, 0.25) is 5.71 Å². The van der Waals surface area contributed by atoms with Gasteiger partial charge in [-0.05, 0) is 67.7 Å². The highest BCUT2D eigenvalue weighted by Crippen LogP contribution is 2.39. The summed E-state index contributed by atoms with van der Waals surface area (Å²) in [4.78, 5) is 19.5. The molecule has 0 spiro atoms. The first-order valence-corrected chi connectivity index (χ1v) is 16.3. The van der Waals surface area contributed by atoms with E-state index in [1.54, 1.807) is 6.20 Å². The molecular formula is C44H26N4O. The van der Waals surface area contributed by atoms with Crippen molar-refractivity contribution in [3.8, 4) is 45.3 Å². The highest BCUT2D eigenvalue weighted by Gasteiger charge is 2.19. The molecule has 3 heterocycles. The van der Waals surface area contributed by atoms with Gasteiger partial charge in [-0.3, -0.25) is 0 Å². The molecule has 7 aromatic carbocycles. The average molecular weight is 627 g/mol. The maximum absolute atomic E-state index is 6.43. The normalized spacial score (nSPS) is 11.7. The van der Waals surface area contributed by atoms with E-state index in [2.05, 4.69) is 89.9 Å². The van der Waals surface area contributed by atoms with E-state index in [1.165, 1.54) is 32.3 Å². The molecule has 0 fully saturated rings. The number of aromatic nitrogens is 4. The van der Waals surface area contributed by atoms with Crippen LogP contribution in [-0.4, -0.2) is 19.9 Å². The van der Waals surface area contributed by atoms with Crippen LogP contribution < -0.4 is 0 Å². The minimum atomic E-state index is 0.545. The van der Waals surface area contributed by atoms with E-state index >= 15 is 0 Å². The largest absolute Gasteiger partial charge is 0.438 e. The van der Waals surface area contributed by atoms with E-state index < -0.39 is 0 Å². The van der Waals surface area contributed by atoms with Gasteiger partial charge in [-0.15, -0.1) is 0 Å². The standard InChI is InChI=1S/C44H26N4O/c1-3-10-29(11-4-1)41-46-42(30-12-5-2-6-13-30)48-43(47-41)37-23-24-45-44-40(37)36-22-19-32(26-39(36)49-44)31-16-15-28-18-20-34-33-14-8-7-9-27(33)17-21-35(34)38(28)25-31/h1-26H. The molecule has 5 nitrogen and oxygen atoms in total. The molecule has 3 aromatic heterocycles. The zero-order valence-electron chi connectivity index (χ0n) is 26.2. The van der Waals surface area contributed by atoms with E-state index in [4.69, 9.17) is 19.4 Å². The predicted octanol–water partition coefficient (Wildman–Crippen LogP) is 11.3. The molecule has 0 N–H and O–H groups in total. The van der Waals surface area contributed by atoms with E-state index in [-0.39, 0.29) is 0 Å². The van der Waals surface area contributed by atoms with Crippen molar-refractivity contribution in [2.75, 3.05) is 0 Å². The first kappa shape index (κ1) is 27.4. The molecule has 0 unspecified atom stereocenters. The summed E-state index contributed by atoms with van der Waals surface area (Å²) in [6, 6.07) is 52.5. The summed E-state index contributed by atoms with van der Waals surface area (Å²) in [5.41, 5.74) is 6.20. The Morgan fingerprint density at radius 3 is 1.71 bits per heavy atom. The Balaban J connectivity index is 1.13. The highest BCUT2D eigenvalue weighted by molar-refractivity contribution is 6.18. The minimum absolute atomic E-state index is 0.545. The number of rotatable bonds is 4. The SMILES string of the molecule is c1ccc(-c2nc(-c3ccccc3)nc(-c3ccnc4oc5cc(-c6ccc7ccc8c9ccccc9ccc8c7c6)ccc5c34)n2)cc1. The van der Waals surface area contributed by atoms with Crippen LogP contribution >= 0.6 is 0 Å². The summed E-state index contributed by atoms with van der Waals surface area (Å²) in [6.45, 7) is 0. The fourth-order valence-electron chi connectivity index (χ4n) is 6.99. The molecule has 0 aliphatic rings. The average Bonchev–Trinajstić information content (AvgIpc) is 3.56. The van der Waals surface area contributed by atoms with Gasteiger partial charge >= 0.3 is 0 Å². The lowest BCUT2D eigenvalue weighted by atomic mass is 9.94. The molecule has 5 heteroatoms. The molecule has 0 amide bonds. The molecule has 49 heavy (non-hydrogen) atoms. The smallest absolute Gasteiger partial charge is 0.228 e. The fourth-order valence-corrected chi connectivity index (χ4v) is 6.99. The Morgan fingerprint density at radius 1 is 0.388 bits per heavy atom. The van der Waals surface area contributed by atoms with Gasteiger partial charge in [0.25, 0.3) is 0 Å². The lowest BCUT2D eigenvalue weighted by Crippen LogP contribution is -2.00.